The van der Waals surface area contributed by atoms with E-state index in [0.717, 1.165) is 0 Å². The second kappa shape index (κ2) is 7.09. The molecule has 1 atom stereocenters. The highest BCUT2D eigenvalue weighted by atomic mass is 79.9. The van der Waals surface area contributed by atoms with Gasteiger partial charge >= 0.3 is 0 Å². The molecule has 0 spiro atoms. The molecule has 0 aliphatic heterocycles. The zero-order chi connectivity index (χ0) is 13.7. The Morgan fingerprint density at radius 2 is 2.28 bits per heavy atom. The number of likely N-dealkylation sites (N-methyl/N-ethyl adjacent to an activating group) is 1. The number of ether oxygens (including phenoxy) is 1. The van der Waals surface area contributed by atoms with Crippen molar-refractivity contribution < 1.29 is 14.6 Å². The summed E-state index contributed by atoms with van der Waals surface area (Å²) in [5.41, 5.74) is 0.512. The summed E-state index contributed by atoms with van der Waals surface area (Å²) in [6.07, 6.45) is -0.695. The Balaban J connectivity index is 2.71. The topological polar surface area (TPSA) is 49.8 Å². The summed E-state index contributed by atoms with van der Waals surface area (Å²) in [5.74, 6) is -0.178. The minimum absolute atomic E-state index is 0.178. The third-order valence-electron chi connectivity index (χ3n) is 2.36. The van der Waals surface area contributed by atoms with Gasteiger partial charge in [0.2, 0.25) is 0 Å². The number of hydrogen-bond donors (Lipinski definition) is 1. The van der Waals surface area contributed by atoms with Gasteiger partial charge in [-0.25, -0.2) is 0 Å². The number of rotatable bonds is 5. The van der Waals surface area contributed by atoms with Crippen LogP contribution in [-0.2, 0) is 4.74 Å². The predicted molar refractivity (Wildman–Crippen MR) is 74.0 cm³/mol. The van der Waals surface area contributed by atoms with Crippen LogP contribution in [0.3, 0.4) is 0 Å². The Labute approximate surface area is 120 Å². The van der Waals surface area contributed by atoms with E-state index in [1.165, 1.54) is 12.0 Å². The van der Waals surface area contributed by atoms with E-state index in [4.69, 9.17) is 16.3 Å². The average Bonchev–Trinajstić information content (AvgIpc) is 2.32. The van der Waals surface area contributed by atoms with Crippen LogP contribution in [0.1, 0.15) is 10.4 Å². The molecule has 1 aromatic rings. The summed E-state index contributed by atoms with van der Waals surface area (Å²) in [6.45, 7) is 0.412. The molecule has 6 heteroatoms. The zero-order valence-corrected chi connectivity index (χ0v) is 12.5. The van der Waals surface area contributed by atoms with Crippen molar-refractivity contribution in [2.75, 3.05) is 27.3 Å². The lowest BCUT2D eigenvalue weighted by Gasteiger charge is -2.20. The number of amides is 1. The summed E-state index contributed by atoms with van der Waals surface area (Å²) in [7, 11) is 3.13. The third-order valence-corrected chi connectivity index (χ3v) is 3.57. The smallest absolute Gasteiger partial charge is 0.253 e. The quantitative estimate of drug-likeness (QED) is 0.896. The van der Waals surface area contributed by atoms with Crippen LogP contribution in [0.5, 0.6) is 0 Å². The fourth-order valence-electron chi connectivity index (χ4n) is 1.49. The lowest BCUT2D eigenvalue weighted by Crippen LogP contribution is -2.36. The highest BCUT2D eigenvalue weighted by molar-refractivity contribution is 9.10. The minimum Gasteiger partial charge on any atom is -0.389 e. The Morgan fingerprint density at radius 3 is 2.83 bits per heavy atom. The van der Waals surface area contributed by atoms with Crippen LogP contribution in [0.2, 0.25) is 5.02 Å². The number of carbonyl (C=O) groups excluding carboxylic acids is 1. The molecule has 4 nitrogen and oxygen atoms in total. The first-order valence-electron chi connectivity index (χ1n) is 5.33. The van der Waals surface area contributed by atoms with E-state index < -0.39 is 6.10 Å². The van der Waals surface area contributed by atoms with Crippen molar-refractivity contribution in [3.8, 4) is 0 Å². The van der Waals surface area contributed by atoms with Crippen LogP contribution in [0.15, 0.2) is 22.7 Å². The molecule has 0 saturated heterocycles. The first-order valence-corrected chi connectivity index (χ1v) is 6.50. The van der Waals surface area contributed by atoms with Crippen LogP contribution < -0.4 is 0 Å². The molecule has 1 N–H and O–H groups in total. The Morgan fingerprint density at radius 1 is 1.61 bits per heavy atom. The lowest BCUT2D eigenvalue weighted by atomic mass is 10.2. The van der Waals surface area contributed by atoms with Crippen LogP contribution in [0, 0.1) is 0 Å². The first kappa shape index (κ1) is 15.4. The number of nitrogens with zero attached hydrogens (tertiary/aromatic N) is 1. The molecule has 0 saturated carbocycles. The number of benzene rings is 1. The number of hydrogen-bond acceptors (Lipinski definition) is 3. The maximum absolute atomic E-state index is 12.1. The van der Waals surface area contributed by atoms with E-state index in [-0.39, 0.29) is 19.1 Å². The van der Waals surface area contributed by atoms with E-state index in [2.05, 4.69) is 15.9 Å². The van der Waals surface area contributed by atoms with E-state index in [0.29, 0.717) is 15.1 Å². The molecule has 0 bridgehead atoms. The van der Waals surface area contributed by atoms with E-state index >= 15 is 0 Å². The number of carbonyl (C=O) groups is 1. The average molecular weight is 337 g/mol. The summed E-state index contributed by atoms with van der Waals surface area (Å²) >= 11 is 9.13. The molecular weight excluding hydrogens is 321 g/mol. The highest BCUT2D eigenvalue weighted by Crippen LogP contribution is 2.23. The molecule has 0 aliphatic rings. The van der Waals surface area contributed by atoms with Crippen molar-refractivity contribution in [3.63, 3.8) is 0 Å². The molecule has 0 aliphatic carbocycles. The maximum Gasteiger partial charge on any atom is 0.253 e. The molecule has 0 aromatic heterocycles. The van der Waals surface area contributed by atoms with Gasteiger partial charge < -0.3 is 14.7 Å². The number of methoxy groups -OCH3 is 1. The number of aliphatic hydroxyl groups excluding tert-OH is 1. The van der Waals surface area contributed by atoms with Gasteiger partial charge in [0.25, 0.3) is 5.91 Å². The van der Waals surface area contributed by atoms with E-state index in [1.807, 2.05) is 0 Å². The van der Waals surface area contributed by atoms with Gasteiger partial charge in [0.1, 0.15) is 0 Å². The van der Waals surface area contributed by atoms with Gasteiger partial charge in [-0.05, 0) is 34.1 Å². The van der Waals surface area contributed by atoms with Crippen molar-refractivity contribution in [3.05, 3.63) is 33.3 Å². The molecule has 0 fully saturated rings. The summed E-state index contributed by atoms with van der Waals surface area (Å²) in [4.78, 5) is 13.5. The predicted octanol–water partition coefficient (Wildman–Crippen LogP) is 2.18. The molecule has 0 radical (unpaired) electrons. The first-order chi connectivity index (χ1) is 8.45. The normalized spacial score (nSPS) is 12.3. The lowest BCUT2D eigenvalue weighted by molar-refractivity contribution is 0.0380. The summed E-state index contributed by atoms with van der Waals surface area (Å²) in [5, 5.41) is 10.1. The third kappa shape index (κ3) is 4.24. The van der Waals surface area contributed by atoms with Gasteiger partial charge in [0.15, 0.2) is 0 Å². The molecule has 0 heterocycles. The highest BCUT2D eigenvalue weighted by Gasteiger charge is 2.16. The van der Waals surface area contributed by atoms with Crippen molar-refractivity contribution >= 4 is 33.4 Å². The SMILES string of the molecule is COCC(O)CN(C)C(=O)c1ccc(Cl)c(Br)c1. The van der Waals surface area contributed by atoms with Crippen LogP contribution in [0.4, 0.5) is 0 Å². The minimum atomic E-state index is -0.695. The van der Waals surface area contributed by atoms with Gasteiger partial charge in [-0.3, -0.25) is 4.79 Å². The van der Waals surface area contributed by atoms with Crippen molar-refractivity contribution in [1.82, 2.24) is 4.90 Å². The second-order valence-electron chi connectivity index (χ2n) is 3.92. The second-order valence-corrected chi connectivity index (χ2v) is 5.19. The molecule has 100 valence electrons. The Hall–Kier alpha value is -0.620. The van der Waals surface area contributed by atoms with Crippen molar-refractivity contribution in [1.29, 1.82) is 0 Å². The molecule has 1 unspecified atom stereocenters. The van der Waals surface area contributed by atoms with Gasteiger partial charge in [0.05, 0.1) is 17.7 Å². The number of halogens is 2. The molecular formula is C12H15BrClNO3. The standard InChI is InChI=1S/C12H15BrClNO3/c1-15(6-9(16)7-18-2)12(17)8-3-4-11(14)10(13)5-8/h3-5,9,16H,6-7H2,1-2H3. The van der Waals surface area contributed by atoms with Crippen molar-refractivity contribution in [2.24, 2.45) is 0 Å². The maximum atomic E-state index is 12.1. The van der Waals surface area contributed by atoms with Crippen molar-refractivity contribution in [2.45, 2.75) is 6.10 Å². The molecule has 18 heavy (non-hydrogen) atoms. The largest absolute Gasteiger partial charge is 0.389 e. The monoisotopic (exact) mass is 335 g/mol. The van der Waals surface area contributed by atoms with Gasteiger partial charge in [-0.15, -0.1) is 0 Å². The Kier molecular flexibility index (Phi) is 6.08. The number of aliphatic hydroxyl groups is 1. The fraction of sp³-hybridized carbons (Fsp3) is 0.417. The van der Waals surface area contributed by atoms with Gasteiger partial charge in [-0.1, -0.05) is 11.6 Å². The molecule has 1 amide bonds. The summed E-state index contributed by atoms with van der Waals surface area (Å²) in [6, 6.07) is 4.96. The fourth-order valence-corrected chi connectivity index (χ4v) is 1.99. The Bertz CT molecular complexity index is 428. The molecule has 1 aromatic carbocycles. The van der Waals surface area contributed by atoms with Crippen LogP contribution >= 0.6 is 27.5 Å². The van der Waals surface area contributed by atoms with E-state index in [1.54, 1.807) is 25.2 Å². The van der Waals surface area contributed by atoms with Gasteiger partial charge in [0, 0.05) is 30.7 Å². The van der Waals surface area contributed by atoms with Crippen LogP contribution in [-0.4, -0.2) is 49.3 Å². The van der Waals surface area contributed by atoms with E-state index in [9.17, 15) is 9.90 Å². The van der Waals surface area contributed by atoms with Crippen LogP contribution in [0.25, 0.3) is 0 Å². The van der Waals surface area contributed by atoms with Gasteiger partial charge in [-0.2, -0.15) is 0 Å². The summed E-state index contributed by atoms with van der Waals surface area (Å²) < 4.78 is 5.48. The molecule has 1 rings (SSSR count). The zero-order valence-electron chi connectivity index (χ0n) is 10.2.